The van der Waals surface area contributed by atoms with E-state index in [9.17, 15) is 28.1 Å². The minimum Gasteiger partial charge on any atom is -0.363 e. The van der Waals surface area contributed by atoms with Gasteiger partial charge in [-0.2, -0.15) is 13.2 Å². The Morgan fingerprint density at radius 2 is 1.89 bits per heavy atom. The van der Waals surface area contributed by atoms with Gasteiger partial charge in [0.1, 0.15) is 5.69 Å². The van der Waals surface area contributed by atoms with Crippen LogP contribution in [0.1, 0.15) is 19.4 Å². The lowest BCUT2D eigenvalue weighted by atomic mass is 10.1. The van der Waals surface area contributed by atoms with Crippen molar-refractivity contribution >= 4 is 17.3 Å². The van der Waals surface area contributed by atoms with E-state index in [4.69, 9.17) is 0 Å². The van der Waals surface area contributed by atoms with E-state index in [-0.39, 0.29) is 18.1 Å². The lowest BCUT2D eigenvalue weighted by molar-refractivity contribution is -0.384. The number of nitro benzene ring substituents is 1. The molecule has 7 nitrogen and oxygen atoms in total. The molecule has 1 aliphatic rings. The summed E-state index contributed by atoms with van der Waals surface area (Å²) in [7, 11) is 0. The molecule has 1 N–H and O–H groups in total. The second-order valence-electron chi connectivity index (χ2n) is 6.92. The molecule has 27 heavy (non-hydrogen) atoms. The number of carbonyl (C=O) groups excluding carboxylic acids is 1. The van der Waals surface area contributed by atoms with Crippen LogP contribution in [0.2, 0.25) is 0 Å². The summed E-state index contributed by atoms with van der Waals surface area (Å²) in [5.74, 6) is 0.267. The van der Waals surface area contributed by atoms with Crippen LogP contribution in [0.15, 0.2) is 18.2 Å². The van der Waals surface area contributed by atoms with Crippen molar-refractivity contribution in [2.24, 2.45) is 5.92 Å². The first-order valence-electron chi connectivity index (χ1n) is 8.67. The molecule has 2 rings (SSSR count). The molecular formula is C17H23F3N4O3. The average Bonchev–Trinajstić information content (AvgIpc) is 2.59. The van der Waals surface area contributed by atoms with Crippen molar-refractivity contribution in [2.75, 3.05) is 44.2 Å². The average molecular weight is 388 g/mol. The first-order valence-corrected chi connectivity index (χ1v) is 8.67. The summed E-state index contributed by atoms with van der Waals surface area (Å²) in [4.78, 5) is 25.9. The molecule has 0 bridgehead atoms. The van der Waals surface area contributed by atoms with Crippen molar-refractivity contribution in [3.8, 4) is 0 Å². The van der Waals surface area contributed by atoms with Gasteiger partial charge in [0.05, 0.1) is 17.0 Å². The van der Waals surface area contributed by atoms with Crippen molar-refractivity contribution in [1.82, 2.24) is 10.2 Å². The standard InChI is InChI=1S/C17H23F3N4O3/c1-12(2)10-21-16(25)11-22-5-7-23(8-6-22)14-4-3-13(17(18,19)20)9-15(14)24(26)27/h3-4,9,12H,5-8,10-11H2,1-2H3,(H,21,25). The molecule has 1 heterocycles. The summed E-state index contributed by atoms with van der Waals surface area (Å²) >= 11 is 0. The topological polar surface area (TPSA) is 78.7 Å². The summed E-state index contributed by atoms with van der Waals surface area (Å²) < 4.78 is 38.4. The molecule has 1 amide bonds. The van der Waals surface area contributed by atoms with Crippen LogP contribution in [0.4, 0.5) is 24.5 Å². The number of nitrogens with one attached hydrogen (secondary N) is 1. The highest BCUT2D eigenvalue weighted by atomic mass is 19.4. The van der Waals surface area contributed by atoms with Crippen molar-refractivity contribution in [2.45, 2.75) is 20.0 Å². The minimum atomic E-state index is -4.63. The third-order valence-corrected chi connectivity index (χ3v) is 4.29. The normalized spacial score (nSPS) is 15.9. The summed E-state index contributed by atoms with van der Waals surface area (Å²) in [6.07, 6.45) is -4.63. The van der Waals surface area contributed by atoms with E-state index >= 15 is 0 Å². The van der Waals surface area contributed by atoms with Gasteiger partial charge < -0.3 is 10.2 Å². The number of amides is 1. The highest BCUT2D eigenvalue weighted by Crippen LogP contribution is 2.36. The zero-order valence-electron chi connectivity index (χ0n) is 15.3. The van der Waals surface area contributed by atoms with Gasteiger partial charge in [0.2, 0.25) is 5.91 Å². The van der Waals surface area contributed by atoms with E-state index in [0.717, 1.165) is 12.1 Å². The maximum atomic E-state index is 12.8. The molecule has 1 aromatic carbocycles. The Kier molecular flexibility index (Phi) is 6.63. The molecule has 10 heteroatoms. The first-order chi connectivity index (χ1) is 12.6. The number of rotatable bonds is 6. The van der Waals surface area contributed by atoms with Crippen molar-refractivity contribution in [3.63, 3.8) is 0 Å². The Balaban J connectivity index is 2.01. The number of nitrogens with zero attached hydrogens (tertiary/aromatic N) is 3. The number of nitro groups is 1. The molecule has 1 aliphatic heterocycles. The maximum absolute atomic E-state index is 12.8. The highest BCUT2D eigenvalue weighted by Gasteiger charge is 2.34. The van der Waals surface area contributed by atoms with Crippen LogP contribution in [-0.2, 0) is 11.0 Å². The number of hydrogen-bond donors (Lipinski definition) is 1. The second kappa shape index (κ2) is 8.55. The highest BCUT2D eigenvalue weighted by molar-refractivity contribution is 5.78. The zero-order valence-corrected chi connectivity index (χ0v) is 15.3. The smallest absolute Gasteiger partial charge is 0.363 e. The van der Waals surface area contributed by atoms with Crippen molar-refractivity contribution < 1.29 is 22.9 Å². The van der Waals surface area contributed by atoms with E-state index in [1.165, 1.54) is 0 Å². The number of carbonyl (C=O) groups is 1. The third-order valence-electron chi connectivity index (χ3n) is 4.29. The Morgan fingerprint density at radius 1 is 1.26 bits per heavy atom. The molecule has 0 atom stereocenters. The third kappa shape index (κ3) is 5.81. The maximum Gasteiger partial charge on any atom is 0.416 e. The number of alkyl halides is 3. The summed E-state index contributed by atoms with van der Waals surface area (Å²) in [6.45, 7) is 6.59. The fourth-order valence-corrected chi connectivity index (χ4v) is 2.84. The number of piperazine rings is 1. The Bertz CT molecular complexity index is 686. The van der Waals surface area contributed by atoms with Crippen LogP contribution in [0.3, 0.4) is 0 Å². The van der Waals surface area contributed by atoms with Gasteiger partial charge >= 0.3 is 6.18 Å². The second-order valence-corrected chi connectivity index (χ2v) is 6.92. The van der Waals surface area contributed by atoms with Crippen LogP contribution in [0.5, 0.6) is 0 Å². The van der Waals surface area contributed by atoms with E-state index in [1.54, 1.807) is 4.90 Å². The zero-order chi connectivity index (χ0) is 20.2. The van der Waals surface area contributed by atoms with Crippen LogP contribution in [0.25, 0.3) is 0 Å². The number of benzene rings is 1. The van der Waals surface area contributed by atoms with Crippen LogP contribution in [-0.4, -0.2) is 55.0 Å². The van der Waals surface area contributed by atoms with Gasteiger partial charge in [0, 0.05) is 38.8 Å². The molecule has 0 aromatic heterocycles. The van der Waals surface area contributed by atoms with Gasteiger partial charge in [-0.25, -0.2) is 0 Å². The molecule has 150 valence electrons. The quantitative estimate of drug-likeness (QED) is 0.598. The Labute approximate surface area is 155 Å². The minimum absolute atomic E-state index is 0.0855. The van der Waals surface area contributed by atoms with Crippen LogP contribution in [0, 0.1) is 16.0 Å². The van der Waals surface area contributed by atoms with Gasteiger partial charge in [-0.15, -0.1) is 0 Å². The lowest BCUT2D eigenvalue weighted by Crippen LogP contribution is -2.49. The number of anilines is 1. The van der Waals surface area contributed by atoms with Gasteiger partial charge in [-0.05, 0) is 18.1 Å². The largest absolute Gasteiger partial charge is 0.416 e. The number of halogens is 3. The van der Waals surface area contributed by atoms with Crippen LogP contribution >= 0.6 is 0 Å². The van der Waals surface area contributed by atoms with E-state index in [2.05, 4.69) is 5.32 Å². The SMILES string of the molecule is CC(C)CNC(=O)CN1CCN(c2ccc(C(F)(F)F)cc2[N+](=O)[O-])CC1. The first kappa shape index (κ1) is 20.9. The molecule has 1 aromatic rings. The molecule has 0 saturated carbocycles. The fraction of sp³-hybridized carbons (Fsp3) is 0.588. The Morgan fingerprint density at radius 3 is 2.41 bits per heavy atom. The fourth-order valence-electron chi connectivity index (χ4n) is 2.84. The molecule has 1 saturated heterocycles. The summed E-state index contributed by atoms with van der Waals surface area (Å²) in [6, 6.07) is 2.57. The predicted molar refractivity (Wildman–Crippen MR) is 94.6 cm³/mol. The number of hydrogen-bond acceptors (Lipinski definition) is 5. The van der Waals surface area contributed by atoms with E-state index in [0.29, 0.717) is 44.7 Å². The van der Waals surface area contributed by atoms with Crippen molar-refractivity contribution in [3.05, 3.63) is 33.9 Å². The summed E-state index contributed by atoms with van der Waals surface area (Å²) in [5, 5.41) is 14.1. The molecule has 0 unspecified atom stereocenters. The van der Waals surface area contributed by atoms with Gasteiger partial charge in [-0.1, -0.05) is 13.8 Å². The molecule has 1 fully saturated rings. The van der Waals surface area contributed by atoms with Crippen molar-refractivity contribution in [1.29, 1.82) is 0 Å². The lowest BCUT2D eigenvalue weighted by Gasteiger charge is -2.35. The molecule has 0 spiro atoms. The van der Waals surface area contributed by atoms with Crippen LogP contribution < -0.4 is 10.2 Å². The van der Waals surface area contributed by atoms with E-state index in [1.807, 2.05) is 18.7 Å². The predicted octanol–water partition coefficient (Wildman–Crippen LogP) is 2.51. The van der Waals surface area contributed by atoms with Gasteiger partial charge in [0.15, 0.2) is 0 Å². The molecular weight excluding hydrogens is 365 g/mol. The van der Waals surface area contributed by atoms with Gasteiger partial charge in [0.25, 0.3) is 5.69 Å². The summed E-state index contributed by atoms with van der Waals surface area (Å²) in [5.41, 5.74) is -1.44. The Hall–Kier alpha value is -2.36. The molecule has 0 radical (unpaired) electrons. The van der Waals surface area contributed by atoms with Gasteiger partial charge in [-0.3, -0.25) is 19.8 Å². The monoisotopic (exact) mass is 388 g/mol. The molecule has 0 aliphatic carbocycles. The van der Waals surface area contributed by atoms with E-state index < -0.39 is 22.4 Å².